The minimum Gasteiger partial charge on any atom is -0.423 e. The van der Waals surface area contributed by atoms with Crippen LogP contribution in [0.1, 0.15) is 19.4 Å². The summed E-state index contributed by atoms with van der Waals surface area (Å²) in [7, 11) is 1.64. The molecule has 0 spiro atoms. The molecule has 0 saturated carbocycles. The number of hydrogen-bond acceptors (Lipinski definition) is 4. The van der Waals surface area contributed by atoms with Crippen LogP contribution in [-0.2, 0) is 0 Å². The largest absolute Gasteiger partial charge is 0.423 e. The number of aliphatic imine (C=N–C) groups is 1. The van der Waals surface area contributed by atoms with E-state index in [0.29, 0.717) is 21.8 Å². The number of nitrogens with one attached hydrogen (secondary N) is 1. The summed E-state index contributed by atoms with van der Waals surface area (Å²) in [5.74, 6) is 2.57. The molecule has 5 heteroatoms. The van der Waals surface area contributed by atoms with E-state index in [1.807, 2.05) is 37.3 Å². The molecule has 2 rings (SSSR count). The van der Waals surface area contributed by atoms with E-state index in [0.717, 1.165) is 5.69 Å². The van der Waals surface area contributed by atoms with Crippen LogP contribution in [0.4, 0.5) is 11.5 Å². The number of terminal acetylenes is 1. The molecule has 2 N–H and O–H groups in total. The molecule has 0 atom stereocenters. The average molecular weight is 297 g/mol. The summed E-state index contributed by atoms with van der Waals surface area (Å²) >= 11 is 0. The number of nitrogens with zero attached hydrogens (tertiary/aromatic N) is 2. The molecule has 0 unspecified atom stereocenters. The van der Waals surface area contributed by atoms with Crippen molar-refractivity contribution in [2.24, 2.45) is 4.99 Å². The van der Waals surface area contributed by atoms with Gasteiger partial charge in [-0.25, -0.2) is 0 Å². The van der Waals surface area contributed by atoms with Gasteiger partial charge in [-0.3, -0.25) is 9.79 Å². The fourth-order valence-corrected chi connectivity index (χ4v) is 1.82. The lowest BCUT2D eigenvalue weighted by molar-refractivity contribution is 0.180. The molecule has 0 aliphatic carbocycles. The molecule has 0 radical (unpaired) electrons. The Labute approximate surface area is 129 Å². The number of aromatic nitrogens is 1. The Morgan fingerprint density at radius 1 is 1.27 bits per heavy atom. The fourth-order valence-electron chi connectivity index (χ4n) is 1.82. The third-order valence-electron chi connectivity index (χ3n) is 2.75. The van der Waals surface area contributed by atoms with E-state index in [9.17, 15) is 10.0 Å². The monoisotopic (exact) mass is 297 g/mol. The first-order chi connectivity index (χ1) is 10.5. The predicted octanol–water partition coefficient (Wildman–Crippen LogP) is 2.91. The Morgan fingerprint density at radius 2 is 1.86 bits per heavy atom. The highest BCUT2D eigenvalue weighted by atomic mass is 16.5. The predicted molar refractivity (Wildman–Crippen MR) is 90.3 cm³/mol. The van der Waals surface area contributed by atoms with Crippen LogP contribution >= 0.6 is 0 Å². The molecule has 0 fully saturated rings. The molecule has 0 aliphatic heterocycles. The number of para-hydroxylation sites is 1. The molecule has 114 valence electrons. The molecular weight excluding hydrogens is 278 g/mol. The summed E-state index contributed by atoms with van der Waals surface area (Å²) in [6, 6.07) is 12.4. The number of pyridine rings is 1. The molecule has 1 aromatic heterocycles. The summed E-state index contributed by atoms with van der Waals surface area (Å²) < 4.78 is 0.583. The van der Waals surface area contributed by atoms with Crippen molar-refractivity contribution in [2.75, 3.05) is 12.4 Å². The Bertz CT molecular complexity index is 741. The third kappa shape index (κ3) is 4.25. The Kier molecular flexibility index (Phi) is 6.45. The summed E-state index contributed by atoms with van der Waals surface area (Å²) in [5, 5.41) is 12.5. The molecule has 0 saturated heterocycles. The molecule has 5 nitrogen and oxygen atoms in total. The van der Waals surface area contributed by atoms with E-state index < -0.39 is 5.56 Å². The van der Waals surface area contributed by atoms with Crippen LogP contribution in [0.3, 0.4) is 0 Å². The van der Waals surface area contributed by atoms with Gasteiger partial charge in [-0.05, 0) is 32.0 Å². The van der Waals surface area contributed by atoms with E-state index in [2.05, 4.69) is 22.7 Å². The van der Waals surface area contributed by atoms with Crippen molar-refractivity contribution in [1.82, 2.24) is 4.73 Å². The summed E-state index contributed by atoms with van der Waals surface area (Å²) in [6.07, 6.45) is 4.60. The highest BCUT2D eigenvalue weighted by molar-refractivity contribution is 6.04. The van der Waals surface area contributed by atoms with Crippen molar-refractivity contribution >= 4 is 17.2 Å². The van der Waals surface area contributed by atoms with Gasteiger partial charge >= 0.3 is 0 Å². The standard InChI is InChI=1S/C14H15N3O2.C3H4/c1-10(16-11-6-4-3-5-7-11)12-8-9-13(18)17(19)14(12)15-2;1-3-2/h3-9,15,19H,1-2H3;1H,2H3. The van der Waals surface area contributed by atoms with Gasteiger partial charge < -0.3 is 10.5 Å². The minimum atomic E-state index is -0.486. The molecule has 0 aliphatic rings. The van der Waals surface area contributed by atoms with Crippen molar-refractivity contribution in [3.63, 3.8) is 0 Å². The number of anilines is 1. The average Bonchev–Trinajstić information content (AvgIpc) is 2.51. The molecule has 1 aromatic carbocycles. The number of rotatable bonds is 3. The van der Waals surface area contributed by atoms with E-state index in [1.54, 1.807) is 20.0 Å². The maximum absolute atomic E-state index is 11.4. The van der Waals surface area contributed by atoms with Gasteiger partial charge in [-0.15, -0.1) is 17.1 Å². The SMILES string of the molecule is C#CC.CNc1c(C(C)=Nc2ccccc2)ccc(=O)n1O. The van der Waals surface area contributed by atoms with Gasteiger partial charge in [0.2, 0.25) is 0 Å². The molecule has 2 aromatic rings. The highest BCUT2D eigenvalue weighted by Gasteiger charge is 2.10. The highest BCUT2D eigenvalue weighted by Crippen LogP contribution is 2.17. The zero-order valence-electron chi connectivity index (χ0n) is 12.9. The van der Waals surface area contributed by atoms with Crippen molar-refractivity contribution < 1.29 is 5.21 Å². The first-order valence-corrected chi connectivity index (χ1v) is 6.66. The minimum absolute atomic E-state index is 0.324. The molecule has 22 heavy (non-hydrogen) atoms. The lowest BCUT2D eigenvalue weighted by Gasteiger charge is -2.11. The zero-order valence-corrected chi connectivity index (χ0v) is 12.9. The number of hydrogen-bond donors (Lipinski definition) is 2. The normalized spacial score (nSPS) is 10.2. The zero-order chi connectivity index (χ0) is 16.5. The van der Waals surface area contributed by atoms with Crippen LogP contribution in [0.15, 0.2) is 52.3 Å². The maximum atomic E-state index is 11.4. The fraction of sp³-hybridized carbons (Fsp3) is 0.176. The van der Waals surface area contributed by atoms with Gasteiger partial charge in [0, 0.05) is 24.4 Å². The summed E-state index contributed by atoms with van der Waals surface area (Å²) in [5.41, 5.74) is 1.71. The van der Waals surface area contributed by atoms with Crippen LogP contribution in [0.25, 0.3) is 0 Å². The molecule has 0 bridgehead atoms. The molecular formula is C17H19N3O2. The first-order valence-electron chi connectivity index (χ1n) is 6.66. The van der Waals surface area contributed by atoms with Crippen LogP contribution in [0.5, 0.6) is 0 Å². The van der Waals surface area contributed by atoms with E-state index in [1.165, 1.54) is 6.07 Å². The van der Waals surface area contributed by atoms with Gasteiger partial charge in [0.05, 0.1) is 5.69 Å². The van der Waals surface area contributed by atoms with Crippen molar-refractivity contribution in [3.8, 4) is 12.3 Å². The Morgan fingerprint density at radius 3 is 2.41 bits per heavy atom. The van der Waals surface area contributed by atoms with Gasteiger partial charge in [0.15, 0.2) is 5.82 Å². The van der Waals surface area contributed by atoms with Crippen LogP contribution in [-0.4, -0.2) is 22.7 Å². The second-order valence-corrected chi connectivity index (χ2v) is 4.32. The van der Waals surface area contributed by atoms with Gasteiger partial charge in [-0.2, -0.15) is 0 Å². The smallest absolute Gasteiger partial charge is 0.284 e. The number of benzene rings is 1. The second-order valence-electron chi connectivity index (χ2n) is 4.32. The molecule has 0 amide bonds. The van der Waals surface area contributed by atoms with Crippen molar-refractivity contribution in [3.05, 3.63) is 58.4 Å². The van der Waals surface area contributed by atoms with Crippen molar-refractivity contribution in [1.29, 1.82) is 0 Å². The van der Waals surface area contributed by atoms with E-state index in [-0.39, 0.29) is 0 Å². The summed E-state index contributed by atoms with van der Waals surface area (Å²) in [6.45, 7) is 3.48. The molecule has 1 heterocycles. The third-order valence-corrected chi connectivity index (χ3v) is 2.75. The Hall–Kier alpha value is -3.00. The summed E-state index contributed by atoms with van der Waals surface area (Å²) in [4.78, 5) is 15.8. The second kappa shape index (κ2) is 8.32. The maximum Gasteiger partial charge on any atom is 0.284 e. The van der Waals surface area contributed by atoms with Gasteiger partial charge in [-0.1, -0.05) is 18.2 Å². The Balaban J connectivity index is 0.000000745. The topological polar surface area (TPSA) is 66.6 Å². The van der Waals surface area contributed by atoms with Crippen LogP contribution in [0, 0.1) is 12.3 Å². The van der Waals surface area contributed by atoms with Crippen LogP contribution < -0.4 is 10.9 Å². The van der Waals surface area contributed by atoms with E-state index in [4.69, 9.17) is 0 Å². The lowest BCUT2D eigenvalue weighted by Crippen LogP contribution is -2.22. The van der Waals surface area contributed by atoms with Gasteiger partial charge in [0.1, 0.15) is 0 Å². The lowest BCUT2D eigenvalue weighted by atomic mass is 10.1. The van der Waals surface area contributed by atoms with Crippen molar-refractivity contribution in [2.45, 2.75) is 13.8 Å². The van der Waals surface area contributed by atoms with Gasteiger partial charge in [0.25, 0.3) is 5.56 Å². The first kappa shape index (κ1) is 17.1. The van der Waals surface area contributed by atoms with E-state index >= 15 is 0 Å². The quantitative estimate of drug-likeness (QED) is 0.520. The van der Waals surface area contributed by atoms with Crippen LogP contribution in [0.2, 0.25) is 0 Å².